The van der Waals surface area contributed by atoms with Gasteiger partial charge in [0.1, 0.15) is 11.5 Å². The average Bonchev–Trinajstić information content (AvgIpc) is 3.06. The Labute approximate surface area is 262 Å². The Morgan fingerprint density at radius 2 is 1.52 bits per heavy atom. The van der Waals surface area contributed by atoms with E-state index in [2.05, 4.69) is 17.4 Å². The van der Waals surface area contributed by atoms with Crippen molar-refractivity contribution in [1.82, 2.24) is 5.32 Å². The Morgan fingerprint density at radius 3 is 2.27 bits per heavy atom. The van der Waals surface area contributed by atoms with Gasteiger partial charge in [-0.2, -0.15) is 0 Å². The van der Waals surface area contributed by atoms with Crippen LogP contribution in [-0.2, 0) is 20.7 Å². The van der Waals surface area contributed by atoms with Crippen LogP contribution in [0.5, 0.6) is 11.5 Å². The zero-order valence-electron chi connectivity index (χ0n) is 26.4. The van der Waals surface area contributed by atoms with Crippen LogP contribution in [0, 0.1) is 11.8 Å². The van der Waals surface area contributed by atoms with Crippen molar-refractivity contribution in [1.29, 1.82) is 0 Å². The molecular formula is C36H49NO7. The summed E-state index contributed by atoms with van der Waals surface area (Å²) in [5, 5.41) is 3.10. The van der Waals surface area contributed by atoms with Gasteiger partial charge < -0.3 is 24.3 Å². The van der Waals surface area contributed by atoms with Crippen LogP contribution < -0.4 is 14.8 Å². The van der Waals surface area contributed by atoms with E-state index in [1.807, 2.05) is 12.1 Å². The molecule has 0 aromatic heterocycles. The fraction of sp³-hybridized carbons (Fsp3) is 0.583. The van der Waals surface area contributed by atoms with Gasteiger partial charge in [0.05, 0.1) is 45.0 Å². The van der Waals surface area contributed by atoms with Gasteiger partial charge in [0.25, 0.3) is 5.91 Å². The van der Waals surface area contributed by atoms with E-state index in [0.29, 0.717) is 12.4 Å². The third kappa shape index (κ3) is 10.3. The van der Waals surface area contributed by atoms with Gasteiger partial charge >= 0.3 is 11.9 Å². The number of carbonyl (C=O) groups excluding carboxylic acids is 3. The quantitative estimate of drug-likeness (QED) is 0.171. The summed E-state index contributed by atoms with van der Waals surface area (Å²) >= 11 is 0. The number of hydrogen-bond acceptors (Lipinski definition) is 7. The van der Waals surface area contributed by atoms with Crippen LogP contribution in [0.2, 0.25) is 0 Å². The Balaban J connectivity index is 1.28. The molecule has 2 aromatic carbocycles. The molecule has 1 amide bonds. The monoisotopic (exact) mass is 607 g/mol. The Kier molecular flexibility index (Phi) is 13.4. The van der Waals surface area contributed by atoms with Gasteiger partial charge in [-0.15, -0.1) is 0 Å². The fourth-order valence-electron chi connectivity index (χ4n) is 6.51. The third-order valence-corrected chi connectivity index (χ3v) is 9.07. The van der Waals surface area contributed by atoms with Crippen LogP contribution in [0.1, 0.15) is 110 Å². The smallest absolute Gasteiger partial charge is 0.337 e. The highest BCUT2D eigenvalue weighted by molar-refractivity contribution is 6.00. The lowest BCUT2D eigenvalue weighted by Gasteiger charge is -2.31. The van der Waals surface area contributed by atoms with Crippen LogP contribution in [0.4, 0.5) is 0 Å². The van der Waals surface area contributed by atoms with E-state index in [0.717, 1.165) is 63.2 Å². The minimum absolute atomic E-state index is 0.00616. The topological polar surface area (TPSA) is 100 Å². The summed E-state index contributed by atoms with van der Waals surface area (Å²) in [6.07, 6.45) is 14.8. The standard InChI is InChI=1S/C36H49NO7/c1-41-34(38)25-28-14-6-7-15-32(28)37-35(39)31-24-29(36(40)42-2)18-21-33(31)44-23-9-13-27-16-19-30(20-17-27)43-22-8-12-26-10-4-3-5-11-26/h16-21,24,26,28,32H,3-15,22-23,25H2,1-2H3,(H,37,39). The summed E-state index contributed by atoms with van der Waals surface area (Å²) in [6.45, 7) is 1.17. The molecule has 1 N–H and O–H groups in total. The lowest BCUT2D eigenvalue weighted by atomic mass is 9.82. The number of hydrogen-bond donors (Lipinski definition) is 1. The second kappa shape index (κ2) is 17.7. The predicted octanol–water partition coefficient (Wildman–Crippen LogP) is 7.08. The largest absolute Gasteiger partial charge is 0.494 e. The second-order valence-electron chi connectivity index (χ2n) is 12.2. The molecule has 2 atom stereocenters. The average molecular weight is 608 g/mol. The van der Waals surface area contributed by atoms with Gasteiger partial charge in [0.15, 0.2) is 0 Å². The van der Waals surface area contributed by atoms with Crippen molar-refractivity contribution in [2.75, 3.05) is 27.4 Å². The molecule has 8 nitrogen and oxygen atoms in total. The summed E-state index contributed by atoms with van der Waals surface area (Å²) in [4.78, 5) is 37.7. The van der Waals surface area contributed by atoms with Crippen LogP contribution in [-0.4, -0.2) is 51.3 Å². The first kappa shape index (κ1) is 33.3. The second-order valence-corrected chi connectivity index (χ2v) is 12.2. The highest BCUT2D eigenvalue weighted by Gasteiger charge is 2.30. The van der Waals surface area contributed by atoms with E-state index in [1.165, 1.54) is 64.4 Å². The van der Waals surface area contributed by atoms with Crippen molar-refractivity contribution >= 4 is 17.8 Å². The maximum absolute atomic E-state index is 13.5. The number of esters is 2. The molecule has 240 valence electrons. The van der Waals surface area contributed by atoms with Crippen molar-refractivity contribution < 1.29 is 33.3 Å². The van der Waals surface area contributed by atoms with Crippen LogP contribution in [0.15, 0.2) is 42.5 Å². The Hall–Kier alpha value is -3.55. The first-order valence-electron chi connectivity index (χ1n) is 16.4. The van der Waals surface area contributed by atoms with Crippen molar-refractivity contribution in [2.45, 2.75) is 95.9 Å². The molecule has 4 rings (SSSR count). The van der Waals surface area contributed by atoms with E-state index in [4.69, 9.17) is 18.9 Å². The highest BCUT2D eigenvalue weighted by atomic mass is 16.5. The number of benzene rings is 2. The molecule has 8 heteroatoms. The maximum Gasteiger partial charge on any atom is 0.337 e. The molecule has 0 aliphatic heterocycles. The van der Waals surface area contributed by atoms with Gasteiger partial charge in [0.2, 0.25) is 0 Å². The van der Waals surface area contributed by atoms with Crippen molar-refractivity contribution in [3.05, 3.63) is 59.2 Å². The Bertz CT molecular complexity index is 1210. The van der Waals surface area contributed by atoms with Gasteiger partial charge in [-0.05, 0) is 86.3 Å². The molecule has 0 heterocycles. The van der Waals surface area contributed by atoms with E-state index in [1.54, 1.807) is 12.1 Å². The molecule has 2 unspecified atom stereocenters. The Morgan fingerprint density at radius 1 is 0.795 bits per heavy atom. The van der Waals surface area contributed by atoms with Crippen LogP contribution in [0.25, 0.3) is 0 Å². The maximum atomic E-state index is 13.5. The minimum atomic E-state index is -0.525. The normalized spacial score (nSPS) is 18.7. The minimum Gasteiger partial charge on any atom is -0.494 e. The molecule has 2 aliphatic carbocycles. The molecular weight excluding hydrogens is 558 g/mol. The van der Waals surface area contributed by atoms with Gasteiger partial charge in [0, 0.05) is 6.04 Å². The highest BCUT2D eigenvalue weighted by Crippen LogP contribution is 2.30. The van der Waals surface area contributed by atoms with Gasteiger partial charge in [-0.3, -0.25) is 9.59 Å². The zero-order valence-corrected chi connectivity index (χ0v) is 26.4. The summed E-state index contributed by atoms with van der Waals surface area (Å²) in [6, 6.07) is 12.9. The SMILES string of the molecule is COC(=O)CC1CCCCC1NC(=O)c1cc(C(=O)OC)ccc1OCCCc1ccc(OCCCC2CCCCC2)cc1. The fourth-order valence-corrected chi connectivity index (χ4v) is 6.51. The molecule has 0 radical (unpaired) electrons. The lowest BCUT2D eigenvalue weighted by Crippen LogP contribution is -2.43. The van der Waals surface area contributed by atoms with E-state index in [-0.39, 0.29) is 41.4 Å². The predicted molar refractivity (Wildman–Crippen MR) is 169 cm³/mol. The van der Waals surface area contributed by atoms with Crippen LogP contribution in [0.3, 0.4) is 0 Å². The molecule has 0 bridgehead atoms. The first-order valence-corrected chi connectivity index (χ1v) is 16.4. The van der Waals surface area contributed by atoms with Gasteiger partial charge in [-0.1, -0.05) is 57.1 Å². The number of carbonyl (C=O) groups is 3. The number of ether oxygens (including phenoxy) is 4. The summed E-state index contributed by atoms with van der Waals surface area (Å²) < 4.78 is 21.8. The molecule has 2 fully saturated rings. The molecule has 0 spiro atoms. The molecule has 0 saturated heterocycles. The number of nitrogens with one attached hydrogen (secondary N) is 1. The summed E-state index contributed by atoms with van der Waals surface area (Å²) in [7, 11) is 2.69. The molecule has 2 saturated carbocycles. The summed E-state index contributed by atoms with van der Waals surface area (Å²) in [5.74, 6) is 1.07. The van der Waals surface area contributed by atoms with E-state index < -0.39 is 5.97 Å². The molecule has 44 heavy (non-hydrogen) atoms. The van der Waals surface area contributed by atoms with E-state index in [9.17, 15) is 14.4 Å². The van der Waals surface area contributed by atoms with E-state index >= 15 is 0 Å². The number of aryl methyl sites for hydroxylation is 1. The number of amides is 1. The summed E-state index contributed by atoms with van der Waals surface area (Å²) in [5.41, 5.74) is 1.74. The number of rotatable bonds is 15. The van der Waals surface area contributed by atoms with Crippen LogP contribution >= 0.6 is 0 Å². The third-order valence-electron chi connectivity index (χ3n) is 9.07. The van der Waals surface area contributed by atoms with Gasteiger partial charge in [-0.25, -0.2) is 4.79 Å². The first-order chi connectivity index (χ1) is 21.5. The van der Waals surface area contributed by atoms with Crippen molar-refractivity contribution in [2.24, 2.45) is 11.8 Å². The molecule has 2 aliphatic rings. The molecule has 2 aromatic rings. The van der Waals surface area contributed by atoms with Crippen molar-refractivity contribution in [3.8, 4) is 11.5 Å². The van der Waals surface area contributed by atoms with Crippen molar-refractivity contribution in [3.63, 3.8) is 0 Å². The number of methoxy groups -OCH3 is 2. The lowest BCUT2D eigenvalue weighted by molar-refractivity contribution is -0.142. The zero-order chi connectivity index (χ0) is 31.1.